The van der Waals surface area contributed by atoms with Gasteiger partial charge in [0, 0.05) is 0 Å². The first-order valence-electron chi connectivity index (χ1n) is 5.96. The lowest BCUT2D eigenvalue weighted by Gasteiger charge is -2.21. The molecule has 18 heavy (non-hydrogen) atoms. The maximum absolute atomic E-state index is 11.0. The number of hydrogen-bond donors (Lipinski definition) is 2. The van der Waals surface area contributed by atoms with E-state index >= 15 is 0 Å². The standard InChI is InChI=1S/C13H16N2O3/c16-13(17)12-11(7-4-8-14-12)15-18-9-10-5-2-1-3-6-10/h1-3,5-6,12,14H,4,7-9H2,(H,16,17). The molecule has 2 rings (SSSR count). The molecule has 0 saturated carbocycles. The van der Waals surface area contributed by atoms with E-state index in [1.807, 2.05) is 30.3 Å². The van der Waals surface area contributed by atoms with E-state index in [0.29, 0.717) is 25.3 Å². The molecule has 0 aromatic heterocycles. The molecule has 1 heterocycles. The second kappa shape index (κ2) is 6.16. The predicted molar refractivity (Wildman–Crippen MR) is 67.3 cm³/mol. The Labute approximate surface area is 105 Å². The Kier molecular flexibility index (Phi) is 4.30. The van der Waals surface area contributed by atoms with Gasteiger partial charge in [0.25, 0.3) is 0 Å². The molecule has 5 heteroatoms. The third-order valence-corrected chi connectivity index (χ3v) is 2.79. The van der Waals surface area contributed by atoms with E-state index < -0.39 is 12.0 Å². The van der Waals surface area contributed by atoms with Crippen LogP contribution in [-0.4, -0.2) is 29.4 Å². The topological polar surface area (TPSA) is 70.9 Å². The summed E-state index contributed by atoms with van der Waals surface area (Å²) in [6, 6.07) is 8.94. The van der Waals surface area contributed by atoms with Crippen molar-refractivity contribution in [3.63, 3.8) is 0 Å². The Morgan fingerprint density at radius 3 is 2.94 bits per heavy atom. The van der Waals surface area contributed by atoms with Crippen molar-refractivity contribution in [1.29, 1.82) is 0 Å². The average molecular weight is 248 g/mol. The van der Waals surface area contributed by atoms with E-state index in [4.69, 9.17) is 9.94 Å². The predicted octanol–water partition coefficient (Wildman–Crippen LogP) is 1.40. The van der Waals surface area contributed by atoms with E-state index in [9.17, 15) is 4.79 Å². The molecule has 0 aliphatic carbocycles. The highest BCUT2D eigenvalue weighted by molar-refractivity contribution is 6.05. The summed E-state index contributed by atoms with van der Waals surface area (Å²) in [4.78, 5) is 16.2. The van der Waals surface area contributed by atoms with Gasteiger partial charge in [-0.3, -0.25) is 10.1 Å². The monoisotopic (exact) mass is 248 g/mol. The van der Waals surface area contributed by atoms with Gasteiger partial charge < -0.3 is 9.94 Å². The molecule has 1 atom stereocenters. The van der Waals surface area contributed by atoms with Crippen LogP contribution in [0.5, 0.6) is 0 Å². The number of aliphatic carboxylic acids is 1. The minimum absolute atomic E-state index is 0.358. The van der Waals surface area contributed by atoms with E-state index in [1.165, 1.54) is 0 Å². The van der Waals surface area contributed by atoms with Crippen LogP contribution in [0.4, 0.5) is 0 Å². The van der Waals surface area contributed by atoms with Crippen molar-refractivity contribution in [2.24, 2.45) is 5.16 Å². The van der Waals surface area contributed by atoms with Gasteiger partial charge in [0.2, 0.25) is 0 Å². The van der Waals surface area contributed by atoms with Crippen LogP contribution >= 0.6 is 0 Å². The van der Waals surface area contributed by atoms with Crippen LogP contribution in [-0.2, 0) is 16.2 Å². The second-order valence-corrected chi connectivity index (χ2v) is 4.17. The third kappa shape index (κ3) is 3.30. The Morgan fingerprint density at radius 2 is 2.22 bits per heavy atom. The zero-order valence-corrected chi connectivity index (χ0v) is 10.0. The molecule has 1 aliphatic heterocycles. The molecule has 1 aromatic rings. The van der Waals surface area contributed by atoms with Crippen molar-refractivity contribution in [3.05, 3.63) is 35.9 Å². The molecular formula is C13H16N2O3. The van der Waals surface area contributed by atoms with Gasteiger partial charge in [-0.15, -0.1) is 0 Å². The largest absolute Gasteiger partial charge is 0.480 e. The minimum Gasteiger partial charge on any atom is -0.480 e. The summed E-state index contributed by atoms with van der Waals surface area (Å²) in [6.07, 6.45) is 1.55. The number of hydrogen-bond acceptors (Lipinski definition) is 4. The highest BCUT2D eigenvalue weighted by Gasteiger charge is 2.26. The summed E-state index contributed by atoms with van der Waals surface area (Å²) in [5.74, 6) is -0.906. The molecule has 0 bridgehead atoms. The van der Waals surface area contributed by atoms with Crippen LogP contribution in [0.25, 0.3) is 0 Å². The van der Waals surface area contributed by atoms with Gasteiger partial charge in [-0.25, -0.2) is 0 Å². The fraction of sp³-hybridized carbons (Fsp3) is 0.385. The molecule has 1 unspecified atom stereocenters. The summed E-state index contributed by atoms with van der Waals surface area (Å²) in [5.41, 5.74) is 1.57. The summed E-state index contributed by atoms with van der Waals surface area (Å²) in [6.45, 7) is 1.06. The molecule has 0 spiro atoms. The lowest BCUT2D eigenvalue weighted by molar-refractivity contribution is -0.137. The van der Waals surface area contributed by atoms with Crippen LogP contribution < -0.4 is 5.32 Å². The molecule has 1 saturated heterocycles. The molecular weight excluding hydrogens is 232 g/mol. The van der Waals surface area contributed by atoms with Crippen LogP contribution in [0.15, 0.2) is 35.5 Å². The number of nitrogens with one attached hydrogen (secondary N) is 1. The van der Waals surface area contributed by atoms with Gasteiger partial charge in [0.05, 0.1) is 5.71 Å². The second-order valence-electron chi connectivity index (χ2n) is 4.17. The Balaban J connectivity index is 1.93. The lowest BCUT2D eigenvalue weighted by Crippen LogP contribution is -2.47. The molecule has 0 amide bonds. The first-order valence-corrected chi connectivity index (χ1v) is 5.96. The first-order chi connectivity index (χ1) is 8.77. The SMILES string of the molecule is O=C(O)C1NCCCC1=NOCc1ccccc1. The number of carbonyl (C=O) groups is 1. The van der Waals surface area contributed by atoms with Crippen LogP contribution in [0, 0.1) is 0 Å². The van der Waals surface area contributed by atoms with E-state index in [1.54, 1.807) is 0 Å². The molecule has 96 valence electrons. The summed E-state index contributed by atoms with van der Waals surface area (Å²) >= 11 is 0. The smallest absolute Gasteiger partial charge is 0.326 e. The zero-order valence-electron chi connectivity index (χ0n) is 10.0. The summed E-state index contributed by atoms with van der Waals surface area (Å²) in [5, 5.41) is 15.9. The quantitative estimate of drug-likeness (QED) is 0.790. The molecule has 0 radical (unpaired) electrons. The van der Waals surface area contributed by atoms with E-state index in [0.717, 1.165) is 12.0 Å². The highest BCUT2D eigenvalue weighted by Crippen LogP contribution is 2.07. The molecule has 1 aromatic carbocycles. The Hall–Kier alpha value is -1.88. The maximum atomic E-state index is 11.0. The fourth-order valence-electron chi connectivity index (χ4n) is 1.87. The van der Waals surface area contributed by atoms with E-state index in [-0.39, 0.29) is 0 Å². The van der Waals surface area contributed by atoms with Gasteiger partial charge in [-0.05, 0) is 24.9 Å². The lowest BCUT2D eigenvalue weighted by atomic mass is 10.0. The van der Waals surface area contributed by atoms with Crippen molar-refractivity contribution >= 4 is 11.7 Å². The van der Waals surface area contributed by atoms with Gasteiger partial charge in [0.1, 0.15) is 12.6 Å². The number of piperidine rings is 1. The van der Waals surface area contributed by atoms with Crippen molar-refractivity contribution in [2.45, 2.75) is 25.5 Å². The maximum Gasteiger partial charge on any atom is 0.326 e. The molecule has 1 aliphatic rings. The van der Waals surface area contributed by atoms with Gasteiger partial charge in [-0.2, -0.15) is 0 Å². The summed E-state index contributed by atoms with van der Waals surface area (Å²) in [7, 11) is 0. The van der Waals surface area contributed by atoms with Crippen LogP contribution in [0.2, 0.25) is 0 Å². The fourth-order valence-corrected chi connectivity index (χ4v) is 1.87. The normalized spacial score (nSPS) is 21.8. The van der Waals surface area contributed by atoms with Crippen molar-refractivity contribution in [2.75, 3.05) is 6.54 Å². The number of oxime groups is 1. The number of rotatable bonds is 4. The number of benzene rings is 1. The van der Waals surface area contributed by atoms with Crippen molar-refractivity contribution in [1.82, 2.24) is 5.32 Å². The summed E-state index contributed by atoms with van der Waals surface area (Å²) < 4.78 is 0. The highest BCUT2D eigenvalue weighted by atomic mass is 16.6. The number of nitrogens with zero attached hydrogens (tertiary/aromatic N) is 1. The third-order valence-electron chi connectivity index (χ3n) is 2.79. The average Bonchev–Trinajstić information content (AvgIpc) is 2.40. The van der Waals surface area contributed by atoms with Crippen LogP contribution in [0.1, 0.15) is 18.4 Å². The Bertz CT molecular complexity index is 431. The molecule has 2 N–H and O–H groups in total. The van der Waals surface area contributed by atoms with Crippen molar-refractivity contribution < 1.29 is 14.7 Å². The van der Waals surface area contributed by atoms with Gasteiger partial charge in [-0.1, -0.05) is 35.5 Å². The first kappa shape index (κ1) is 12.6. The van der Waals surface area contributed by atoms with Gasteiger partial charge >= 0.3 is 5.97 Å². The minimum atomic E-state index is -0.906. The number of carboxylic acids is 1. The Morgan fingerprint density at radius 1 is 1.44 bits per heavy atom. The van der Waals surface area contributed by atoms with Gasteiger partial charge in [0.15, 0.2) is 0 Å². The molecule has 5 nitrogen and oxygen atoms in total. The number of carboxylic acid groups (broad SMARTS) is 1. The van der Waals surface area contributed by atoms with E-state index in [2.05, 4.69) is 10.5 Å². The van der Waals surface area contributed by atoms with Crippen molar-refractivity contribution in [3.8, 4) is 0 Å². The van der Waals surface area contributed by atoms with Crippen LogP contribution in [0.3, 0.4) is 0 Å². The molecule has 1 fully saturated rings. The zero-order chi connectivity index (χ0) is 12.8.